The van der Waals surface area contributed by atoms with Crippen molar-refractivity contribution in [2.75, 3.05) is 0 Å². The molecule has 0 aromatic heterocycles. The minimum Gasteiger partial charge on any atom is -0.388 e. The largest absolute Gasteiger partial charge is 0.388 e. The molecule has 0 saturated carbocycles. The van der Waals surface area contributed by atoms with Gasteiger partial charge in [0, 0.05) is 21.5 Å². The number of benzene rings is 2. The van der Waals surface area contributed by atoms with Crippen LogP contribution in [0.2, 0.25) is 15.1 Å². The first-order chi connectivity index (χ1) is 8.95. The van der Waals surface area contributed by atoms with E-state index in [-0.39, 0.29) is 0 Å². The molecular formula is C15H13Cl3O. The van der Waals surface area contributed by atoms with E-state index in [2.05, 4.69) is 0 Å². The Kier molecular flexibility index (Phi) is 4.75. The van der Waals surface area contributed by atoms with Gasteiger partial charge in [0.1, 0.15) is 0 Å². The van der Waals surface area contributed by atoms with Crippen LogP contribution in [0.4, 0.5) is 0 Å². The smallest absolute Gasteiger partial charge is 0.0831 e. The molecule has 0 saturated heterocycles. The Morgan fingerprint density at radius 2 is 1.74 bits per heavy atom. The van der Waals surface area contributed by atoms with E-state index in [9.17, 15) is 5.11 Å². The summed E-state index contributed by atoms with van der Waals surface area (Å²) in [6, 6.07) is 10.8. The van der Waals surface area contributed by atoms with Gasteiger partial charge >= 0.3 is 0 Å². The number of aryl methyl sites for hydroxylation is 1. The average Bonchev–Trinajstić information content (AvgIpc) is 2.31. The van der Waals surface area contributed by atoms with Gasteiger partial charge < -0.3 is 5.11 Å². The molecule has 0 radical (unpaired) electrons. The van der Waals surface area contributed by atoms with Crippen LogP contribution in [0.1, 0.15) is 22.8 Å². The van der Waals surface area contributed by atoms with Crippen LogP contribution in [0.5, 0.6) is 0 Å². The first-order valence-corrected chi connectivity index (χ1v) is 6.98. The number of halogens is 3. The molecule has 0 aliphatic carbocycles. The van der Waals surface area contributed by atoms with Crippen molar-refractivity contribution in [1.82, 2.24) is 0 Å². The molecule has 0 aliphatic heterocycles. The molecular weight excluding hydrogens is 303 g/mol. The highest BCUT2D eigenvalue weighted by atomic mass is 35.5. The van der Waals surface area contributed by atoms with E-state index >= 15 is 0 Å². The van der Waals surface area contributed by atoms with Gasteiger partial charge in [0.15, 0.2) is 0 Å². The summed E-state index contributed by atoms with van der Waals surface area (Å²) in [5, 5.41) is 12.0. The Bertz CT molecular complexity index is 576. The summed E-state index contributed by atoms with van der Waals surface area (Å²) >= 11 is 17.9. The van der Waals surface area contributed by atoms with Crippen molar-refractivity contribution in [1.29, 1.82) is 0 Å². The molecule has 1 atom stereocenters. The van der Waals surface area contributed by atoms with Crippen LogP contribution in [0, 0.1) is 6.92 Å². The number of aliphatic hydroxyl groups excluding tert-OH is 1. The quantitative estimate of drug-likeness (QED) is 0.822. The van der Waals surface area contributed by atoms with Crippen molar-refractivity contribution < 1.29 is 5.11 Å². The lowest BCUT2D eigenvalue weighted by atomic mass is 10.00. The second-order valence-corrected chi connectivity index (χ2v) is 5.80. The van der Waals surface area contributed by atoms with E-state index in [1.165, 1.54) is 0 Å². The number of hydrogen-bond donors (Lipinski definition) is 1. The highest BCUT2D eigenvalue weighted by molar-refractivity contribution is 6.35. The number of hydrogen-bond acceptors (Lipinski definition) is 1. The standard InChI is InChI=1S/C15H13Cl3O/c1-9-4-11(6-13(17)5-9)15(19)7-10-2-3-12(16)8-14(10)18/h2-6,8,15,19H,7H2,1H3. The Hall–Kier alpha value is -0.730. The van der Waals surface area contributed by atoms with Crippen molar-refractivity contribution in [2.45, 2.75) is 19.4 Å². The second kappa shape index (κ2) is 6.15. The van der Waals surface area contributed by atoms with Crippen LogP contribution in [0.15, 0.2) is 36.4 Å². The van der Waals surface area contributed by atoms with E-state index in [1.807, 2.05) is 25.1 Å². The van der Waals surface area contributed by atoms with E-state index in [0.29, 0.717) is 21.5 Å². The Morgan fingerprint density at radius 1 is 1.00 bits per heavy atom. The molecule has 0 fully saturated rings. The molecule has 1 nitrogen and oxygen atoms in total. The third kappa shape index (κ3) is 3.87. The van der Waals surface area contributed by atoms with Crippen LogP contribution >= 0.6 is 34.8 Å². The lowest BCUT2D eigenvalue weighted by molar-refractivity contribution is 0.178. The van der Waals surface area contributed by atoms with Gasteiger partial charge in [0.25, 0.3) is 0 Å². The Morgan fingerprint density at radius 3 is 2.37 bits per heavy atom. The van der Waals surface area contributed by atoms with Crippen LogP contribution in [0.25, 0.3) is 0 Å². The minimum atomic E-state index is -0.643. The molecule has 100 valence electrons. The molecule has 0 aliphatic rings. The molecule has 0 amide bonds. The van der Waals surface area contributed by atoms with Crippen molar-refractivity contribution in [3.63, 3.8) is 0 Å². The maximum Gasteiger partial charge on any atom is 0.0831 e. The van der Waals surface area contributed by atoms with Crippen LogP contribution in [-0.2, 0) is 6.42 Å². The van der Waals surface area contributed by atoms with Gasteiger partial charge in [-0.25, -0.2) is 0 Å². The van der Waals surface area contributed by atoms with Gasteiger partial charge in [-0.3, -0.25) is 0 Å². The van der Waals surface area contributed by atoms with Crippen molar-refractivity contribution in [3.8, 4) is 0 Å². The van der Waals surface area contributed by atoms with Crippen molar-refractivity contribution in [2.24, 2.45) is 0 Å². The van der Waals surface area contributed by atoms with Crippen LogP contribution in [0.3, 0.4) is 0 Å². The summed E-state index contributed by atoms with van der Waals surface area (Å²) in [6.45, 7) is 1.94. The molecule has 2 rings (SSSR count). The summed E-state index contributed by atoms with van der Waals surface area (Å²) in [7, 11) is 0. The zero-order chi connectivity index (χ0) is 14.0. The van der Waals surface area contributed by atoms with E-state index in [0.717, 1.165) is 16.7 Å². The zero-order valence-corrected chi connectivity index (χ0v) is 12.6. The predicted molar refractivity (Wildman–Crippen MR) is 81.3 cm³/mol. The second-order valence-electron chi connectivity index (χ2n) is 4.52. The molecule has 2 aromatic rings. The topological polar surface area (TPSA) is 20.2 Å². The molecule has 0 heterocycles. The summed E-state index contributed by atoms with van der Waals surface area (Å²) in [4.78, 5) is 0. The summed E-state index contributed by atoms with van der Waals surface area (Å²) < 4.78 is 0. The fourth-order valence-electron chi connectivity index (χ4n) is 1.97. The Balaban J connectivity index is 2.22. The molecule has 1 N–H and O–H groups in total. The summed E-state index contributed by atoms with van der Waals surface area (Å²) in [5.41, 5.74) is 2.66. The normalized spacial score (nSPS) is 12.5. The fraction of sp³-hybridized carbons (Fsp3) is 0.200. The monoisotopic (exact) mass is 314 g/mol. The maximum absolute atomic E-state index is 10.3. The lowest BCUT2D eigenvalue weighted by Crippen LogP contribution is -2.02. The van der Waals surface area contributed by atoms with Gasteiger partial charge in [0.05, 0.1) is 6.10 Å². The first-order valence-electron chi connectivity index (χ1n) is 5.85. The average molecular weight is 316 g/mol. The highest BCUT2D eigenvalue weighted by Gasteiger charge is 2.12. The van der Waals surface area contributed by atoms with Crippen molar-refractivity contribution in [3.05, 3.63) is 68.2 Å². The predicted octanol–water partition coefficient (Wildman–Crippen LogP) is 5.23. The van der Waals surface area contributed by atoms with Crippen molar-refractivity contribution >= 4 is 34.8 Å². The highest BCUT2D eigenvalue weighted by Crippen LogP contribution is 2.27. The molecule has 2 aromatic carbocycles. The van der Waals surface area contributed by atoms with Gasteiger partial charge in [-0.05, 0) is 47.9 Å². The maximum atomic E-state index is 10.3. The molecule has 0 spiro atoms. The number of rotatable bonds is 3. The third-order valence-electron chi connectivity index (χ3n) is 2.88. The first kappa shape index (κ1) is 14.7. The minimum absolute atomic E-state index is 0.426. The Labute approximate surface area is 127 Å². The third-order valence-corrected chi connectivity index (χ3v) is 3.68. The van der Waals surface area contributed by atoms with Gasteiger partial charge in [-0.1, -0.05) is 46.9 Å². The van der Waals surface area contributed by atoms with Gasteiger partial charge in [0.2, 0.25) is 0 Å². The van der Waals surface area contributed by atoms with E-state index < -0.39 is 6.10 Å². The van der Waals surface area contributed by atoms with E-state index in [1.54, 1.807) is 18.2 Å². The molecule has 1 unspecified atom stereocenters. The van der Waals surface area contributed by atoms with E-state index in [4.69, 9.17) is 34.8 Å². The summed E-state index contributed by atoms with van der Waals surface area (Å²) in [6.07, 6.45) is -0.216. The van der Waals surface area contributed by atoms with Gasteiger partial charge in [-0.15, -0.1) is 0 Å². The molecule has 4 heteroatoms. The molecule has 0 bridgehead atoms. The lowest BCUT2D eigenvalue weighted by Gasteiger charge is -2.13. The number of aliphatic hydroxyl groups is 1. The summed E-state index contributed by atoms with van der Waals surface area (Å²) in [5.74, 6) is 0. The zero-order valence-electron chi connectivity index (χ0n) is 10.3. The van der Waals surface area contributed by atoms with Crippen LogP contribution < -0.4 is 0 Å². The van der Waals surface area contributed by atoms with Gasteiger partial charge in [-0.2, -0.15) is 0 Å². The molecule has 19 heavy (non-hydrogen) atoms. The fourth-order valence-corrected chi connectivity index (χ4v) is 2.75. The SMILES string of the molecule is Cc1cc(Cl)cc(C(O)Cc2ccc(Cl)cc2Cl)c1. The van der Waals surface area contributed by atoms with Crippen LogP contribution in [-0.4, -0.2) is 5.11 Å².